The molecule has 0 amide bonds. The predicted octanol–water partition coefficient (Wildman–Crippen LogP) is 5.35. The number of primary sulfonamides is 1. The normalized spacial score (nSPS) is 11.9. The van der Waals surface area contributed by atoms with E-state index in [9.17, 15) is 12.8 Å². The summed E-state index contributed by atoms with van der Waals surface area (Å²) in [6.45, 7) is 5.18. The third kappa shape index (κ3) is 11.7. The molecular formula is C30H44FN5O2S3. The minimum atomic E-state index is -3.78. The fourth-order valence-electron chi connectivity index (χ4n) is 4.80. The molecule has 2 aromatic carbocycles. The predicted molar refractivity (Wildman–Crippen MR) is 173 cm³/mol. The van der Waals surface area contributed by atoms with Gasteiger partial charge in [-0.2, -0.15) is 30.4 Å². The smallest absolute Gasteiger partial charge is 0.238 e. The largest absolute Gasteiger partial charge is 0.315 e. The lowest BCUT2D eigenvalue weighted by molar-refractivity contribution is 0.283. The van der Waals surface area contributed by atoms with Gasteiger partial charge in [0.15, 0.2) is 0 Å². The zero-order chi connectivity index (χ0) is 29.5. The standard InChI is InChI=1S/C30H44FN5O2S3/c31-26-11-9-25(10-12-26)30-24-27(34-36(30)28-13-15-29(16-14-28)41(32,37)38)8-6-4-2-1-3-5-7-19-35(21-23-40)20-17-33-18-22-39/h9-16,24,33,39-40H,1-8,17-23H2,(H2,32,37,38). The molecule has 0 saturated heterocycles. The van der Waals surface area contributed by atoms with Gasteiger partial charge < -0.3 is 10.2 Å². The van der Waals surface area contributed by atoms with E-state index in [1.165, 1.54) is 56.4 Å². The lowest BCUT2D eigenvalue weighted by Crippen LogP contribution is -2.34. The number of aryl methyl sites for hydroxylation is 1. The van der Waals surface area contributed by atoms with Gasteiger partial charge in [-0.15, -0.1) is 0 Å². The number of nitrogens with two attached hydrogens (primary N) is 1. The molecule has 0 aliphatic rings. The lowest BCUT2D eigenvalue weighted by Gasteiger charge is -2.21. The maximum absolute atomic E-state index is 13.6. The molecule has 11 heteroatoms. The molecule has 3 N–H and O–H groups in total. The highest BCUT2D eigenvalue weighted by atomic mass is 32.2. The second-order valence-corrected chi connectivity index (χ2v) is 12.7. The Hall–Kier alpha value is -1.89. The molecule has 0 unspecified atom stereocenters. The molecule has 0 fully saturated rings. The number of nitrogens with zero attached hydrogens (tertiary/aromatic N) is 3. The van der Waals surface area contributed by atoms with Crippen molar-refractivity contribution in [3.8, 4) is 16.9 Å². The summed E-state index contributed by atoms with van der Waals surface area (Å²) < 4.78 is 38.7. The number of nitrogens with one attached hydrogen (secondary N) is 1. The minimum Gasteiger partial charge on any atom is -0.315 e. The average Bonchev–Trinajstić information content (AvgIpc) is 3.38. The van der Waals surface area contributed by atoms with Crippen LogP contribution < -0.4 is 10.5 Å². The molecule has 3 aromatic rings. The first-order valence-electron chi connectivity index (χ1n) is 14.4. The molecule has 7 nitrogen and oxygen atoms in total. The van der Waals surface area contributed by atoms with E-state index >= 15 is 0 Å². The van der Waals surface area contributed by atoms with Gasteiger partial charge in [-0.3, -0.25) is 0 Å². The van der Waals surface area contributed by atoms with Gasteiger partial charge in [-0.1, -0.05) is 32.1 Å². The summed E-state index contributed by atoms with van der Waals surface area (Å²) >= 11 is 8.64. The van der Waals surface area contributed by atoms with E-state index in [4.69, 9.17) is 10.2 Å². The fraction of sp³-hybridized carbons (Fsp3) is 0.500. The Kier molecular flexibility index (Phi) is 14.7. The third-order valence-corrected chi connectivity index (χ3v) is 8.38. The van der Waals surface area contributed by atoms with Crippen molar-refractivity contribution in [3.05, 3.63) is 66.1 Å². The number of rotatable bonds is 20. The minimum absolute atomic E-state index is 0.0455. The third-order valence-electron chi connectivity index (χ3n) is 7.03. The van der Waals surface area contributed by atoms with Crippen molar-refractivity contribution in [2.24, 2.45) is 5.14 Å². The van der Waals surface area contributed by atoms with Gasteiger partial charge in [-0.05, 0) is 80.4 Å². The molecule has 0 atom stereocenters. The number of sulfonamides is 1. The highest BCUT2D eigenvalue weighted by molar-refractivity contribution is 7.89. The maximum atomic E-state index is 13.6. The van der Waals surface area contributed by atoms with Crippen LogP contribution in [0.5, 0.6) is 0 Å². The van der Waals surface area contributed by atoms with Crippen LogP contribution in [0.3, 0.4) is 0 Å². The molecule has 226 valence electrons. The number of hydrogen-bond acceptors (Lipinski definition) is 7. The monoisotopic (exact) mass is 621 g/mol. The second-order valence-electron chi connectivity index (χ2n) is 10.2. The highest BCUT2D eigenvalue weighted by Crippen LogP contribution is 2.26. The SMILES string of the molecule is NS(=O)(=O)c1ccc(-n2nc(CCCCCCCCCN(CCS)CCNCCS)cc2-c2ccc(F)cc2)cc1. The van der Waals surface area contributed by atoms with Crippen molar-refractivity contribution in [1.29, 1.82) is 0 Å². The Bertz CT molecular complexity index is 1270. The second kappa shape index (κ2) is 17.9. The Labute approximate surface area is 256 Å². The molecule has 0 radical (unpaired) electrons. The Morgan fingerprint density at radius 1 is 0.829 bits per heavy atom. The van der Waals surface area contributed by atoms with Crippen LogP contribution in [0.4, 0.5) is 4.39 Å². The van der Waals surface area contributed by atoms with E-state index in [0.29, 0.717) is 5.69 Å². The zero-order valence-corrected chi connectivity index (χ0v) is 26.3. The van der Waals surface area contributed by atoms with Gasteiger partial charge in [-0.25, -0.2) is 22.6 Å². The van der Waals surface area contributed by atoms with Crippen LogP contribution in [0.25, 0.3) is 16.9 Å². The van der Waals surface area contributed by atoms with Crippen LogP contribution in [0.1, 0.15) is 50.6 Å². The van der Waals surface area contributed by atoms with Gasteiger partial charge in [0.1, 0.15) is 5.82 Å². The van der Waals surface area contributed by atoms with Crippen molar-refractivity contribution in [2.45, 2.75) is 56.3 Å². The molecule has 0 spiro atoms. The fourth-order valence-corrected chi connectivity index (χ4v) is 5.75. The molecular weight excluding hydrogens is 578 g/mol. The molecule has 0 bridgehead atoms. The van der Waals surface area contributed by atoms with Crippen molar-refractivity contribution < 1.29 is 12.8 Å². The van der Waals surface area contributed by atoms with E-state index in [2.05, 4.69) is 35.5 Å². The van der Waals surface area contributed by atoms with Crippen LogP contribution in [0.15, 0.2) is 59.5 Å². The Morgan fingerprint density at radius 2 is 1.49 bits per heavy atom. The number of hydrogen-bond donors (Lipinski definition) is 4. The van der Waals surface area contributed by atoms with Crippen LogP contribution in [-0.4, -0.2) is 67.3 Å². The van der Waals surface area contributed by atoms with Crippen LogP contribution >= 0.6 is 25.3 Å². The van der Waals surface area contributed by atoms with Crippen molar-refractivity contribution in [1.82, 2.24) is 20.0 Å². The number of benzene rings is 2. The summed E-state index contributed by atoms with van der Waals surface area (Å²) in [7, 11) is -3.78. The van der Waals surface area contributed by atoms with Crippen molar-refractivity contribution >= 4 is 35.3 Å². The van der Waals surface area contributed by atoms with Gasteiger partial charge in [0, 0.05) is 43.2 Å². The first-order chi connectivity index (χ1) is 19.8. The van der Waals surface area contributed by atoms with Gasteiger partial charge in [0.05, 0.1) is 22.0 Å². The first-order valence-corrected chi connectivity index (χ1v) is 17.3. The van der Waals surface area contributed by atoms with Crippen LogP contribution in [-0.2, 0) is 16.4 Å². The summed E-state index contributed by atoms with van der Waals surface area (Å²) in [4.78, 5) is 2.54. The van der Waals surface area contributed by atoms with Gasteiger partial charge in [0.2, 0.25) is 10.0 Å². The van der Waals surface area contributed by atoms with E-state index in [-0.39, 0.29) is 10.7 Å². The summed E-state index contributed by atoms with van der Waals surface area (Å²) in [5.41, 5.74) is 3.33. The Morgan fingerprint density at radius 3 is 2.12 bits per heavy atom. The Balaban J connectivity index is 1.46. The quantitative estimate of drug-likeness (QED) is 0.101. The number of halogens is 1. The molecule has 0 saturated carbocycles. The molecule has 0 aliphatic carbocycles. The zero-order valence-electron chi connectivity index (χ0n) is 23.7. The van der Waals surface area contributed by atoms with Gasteiger partial charge in [0.25, 0.3) is 0 Å². The molecule has 41 heavy (non-hydrogen) atoms. The first kappa shape index (κ1) is 33.6. The summed E-state index contributed by atoms with van der Waals surface area (Å²) in [6.07, 6.45) is 9.20. The van der Waals surface area contributed by atoms with Crippen LogP contribution in [0.2, 0.25) is 0 Å². The van der Waals surface area contributed by atoms with Crippen molar-refractivity contribution in [3.63, 3.8) is 0 Å². The van der Waals surface area contributed by atoms with E-state index in [0.717, 1.165) is 80.4 Å². The van der Waals surface area contributed by atoms with Crippen LogP contribution in [0, 0.1) is 5.82 Å². The van der Waals surface area contributed by atoms with E-state index in [1.807, 2.05) is 6.07 Å². The number of unbranched alkanes of at least 4 members (excludes halogenated alkanes) is 6. The lowest BCUT2D eigenvalue weighted by atomic mass is 10.1. The number of aromatic nitrogens is 2. The molecule has 3 rings (SSSR count). The van der Waals surface area contributed by atoms with Crippen molar-refractivity contribution in [2.75, 3.05) is 44.2 Å². The topological polar surface area (TPSA) is 93.2 Å². The highest BCUT2D eigenvalue weighted by Gasteiger charge is 2.14. The summed E-state index contributed by atoms with van der Waals surface area (Å²) in [5, 5.41) is 13.5. The molecule has 0 aliphatic heterocycles. The number of thiol groups is 2. The molecule has 1 heterocycles. The van der Waals surface area contributed by atoms with E-state index in [1.54, 1.807) is 28.9 Å². The average molecular weight is 622 g/mol. The molecule has 1 aromatic heterocycles. The maximum Gasteiger partial charge on any atom is 0.238 e. The van der Waals surface area contributed by atoms with Gasteiger partial charge >= 0.3 is 0 Å². The van der Waals surface area contributed by atoms with E-state index < -0.39 is 10.0 Å². The summed E-state index contributed by atoms with van der Waals surface area (Å²) in [6, 6.07) is 14.6. The summed E-state index contributed by atoms with van der Waals surface area (Å²) in [5.74, 6) is 1.46.